The molecule has 0 bridgehead atoms. The van der Waals surface area contributed by atoms with Crippen molar-refractivity contribution in [1.29, 1.82) is 0 Å². The Morgan fingerprint density at radius 2 is 0.973 bits per heavy atom. The molecule has 0 aliphatic rings. The molecule has 4 aromatic carbocycles. The molecule has 0 aliphatic heterocycles. The zero-order valence-electron chi connectivity index (χ0n) is 18.8. The number of hydrogen-bond acceptors (Lipinski definition) is 4. The van der Waals surface area contributed by atoms with E-state index in [0.29, 0.717) is 59.9 Å². The van der Waals surface area contributed by atoms with Crippen LogP contribution in [0.1, 0.15) is 0 Å². The number of halogens is 6. The molecule has 4 rings (SSSR count). The van der Waals surface area contributed by atoms with Crippen LogP contribution in [0.25, 0.3) is 21.5 Å². The summed E-state index contributed by atoms with van der Waals surface area (Å²) in [7, 11) is -4.05. The van der Waals surface area contributed by atoms with E-state index < -0.39 is 9.84 Å². The van der Waals surface area contributed by atoms with Crippen molar-refractivity contribution in [3.63, 3.8) is 0 Å². The Morgan fingerprint density at radius 3 is 1.32 bits per heavy atom. The number of rotatable bonds is 8. The molecule has 0 fully saturated rings. The van der Waals surface area contributed by atoms with Gasteiger partial charge in [-0.25, -0.2) is 8.42 Å². The fraction of sp³-hybridized carbons (Fsp3) is 0.0769. The van der Waals surface area contributed by atoms with Crippen molar-refractivity contribution >= 4 is 127 Å². The third-order valence-corrected chi connectivity index (χ3v) is 11.0. The van der Waals surface area contributed by atoms with Gasteiger partial charge in [-0.15, -0.1) is 0 Å². The number of ether oxygens (including phenoxy) is 2. The van der Waals surface area contributed by atoms with E-state index in [4.69, 9.17) is 9.47 Å². The highest BCUT2D eigenvalue weighted by atomic mass is 79.9. The summed E-state index contributed by atoms with van der Waals surface area (Å²) in [4.78, 5) is 0.251. The lowest BCUT2D eigenvalue weighted by Gasteiger charge is -2.19. The smallest absolute Gasteiger partial charge is 0.207 e. The molecule has 4 nitrogen and oxygen atoms in total. The fourth-order valence-corrected chi connectivity index (χ4v) is 9.86. The molecule has 0 aromatic heterocycles. The minimum Gasteiger partial charge on any atom is -0.488 e. The standard InChI is InChI=1S/C26H16Br6O4S/c1-3-9-35-25-17(31)11-15(29)21-19(7-5-13(27)23(21)25)37(33,34)20-8-6-14(28)24-22(20)16(30)12-18(32)26(24)36-10-4-2/h3-8,11-12H,1-2,9-10H2. The first-order valence-electron chi connectivity index (χ1n) is 10.5. The lowest BCUT2D eigenvalue weighted by molar-refractivity contribution is 0.365. The van der Waals surface area contributed by atoms with E-state index in [9.17, 15) is 8.42 Å². The van der Waals surface area contributed by atoms with Crippen LogP contribution in [0, 0.1) is 0 Å². The first-order valence-corrected chi connectivity index (χ1v) is 16.7. The molecule has 0 atom stereocenters. The second-order valence-corrected chi connectivity index (χ2v) is 14.6. The Bertz CT molecular complexity index is 1580. The third kappa shape index (κ3) is 5.38. The van der Waals surface area contributed by atoms with Gasteiger partial charge in [-0.05, 0) is 68.3 Å². The van der Waals surface area contributed by atoms with E-state index in [2.05, 4.69) is 109 Å². The maximum atomic E-state index is 14.4. The molecule has 37 heavy (non-hydrogen) atoms. The Kier molecular flexibility index (Phi) is 9.36. The summed E-state index contributed by atoms with van der Waals surface area (Å²) in [6, 6.07) is 10.2. The average molecular weight is 904 g/mol. The SMILES string of the molecule is C=CCOc1c(Br)cc(Br)c2c(S(=O)(=O)c3ccc(Br)c4c(OCC=C)c(Br)cc(Br)c34)ccc(Br)c12. The fourth-order valence-electron chi connectivity index (χ4n) is 3.90. The van der Waals surface area contributed by atoms with Crippen molar-refractivity contribution in [1.82, 2.24) is 0 Å². The van der Waals surface area contributed by atoms with E-state index in [1.807, 2.05) is 0 Å². The average Bonchev–Trinajstić information content (AvgIpc) is 2.84. The highest BCUT2D eigenvalue weighted by Crippen LogP contribution is 2.49. The summed E-state index contributed by atoms with van der Waals surface area (Å²) in [5.41, 5.74) is 0. The highest BCUT2D eigenvalue weighted by molar-refractivity contribution is 9.12. The Labute approximate surface area is 265 Å². The number of fused-ring (bicyclic) bond motifs is 2. The molecular formula is C26H16Br6O4S. The first kappa shape index (κ1) is 29.3. The molecule has 0 unspecified atom stereocenters. The van der Waals surface area contributed by atoms with Crippen molar-refractivity contribution in [2.24, 2.45) is 0 Å². The van der Waals surface area contributed by atoms with Gasteiger partial charge in [0.1, 0.15) is 24.7 Å². The van der Waals surface area contributed by atoms with E-state index in [0.717, 1.165) is 0 Å². The molecule has 0 radical (unpaired) electrons. The molecule has 0 aliphatic carbocycles. The van der Waals surface area contributed by atoms with Crippen LogP contribution in [0.5, 0.6) is 11.5 Å². The van der Waals surface area contributed by atoms with Crippen LogP contribution in [0.4, 0.5) is 0 Å². The van der Waals surface area contributed by atoms with Crippen molar-refractivity contribution < 1.29 is 17.9 Å². The van der Waals surface area contributed by atoms with Gasteiger partial charge in [-0.1, -0.05) is 89.0 Å². The van der Waals surface area contributed by atoms with Crippen LogP contribution in [-0.4, -0.2) is 21.6 Å². The van der Waals surface area contributed by atoms with Gasteiger partial charge in [-0.2, -0.15) is 0 Å². The lowest BCUT2D eigenvalue weighted by atomic mass is 10.1. The summed E-state index contributed by atoms with van der Waals surface area (Å²) in [5, 5.41) is 2.21. The Balaban J connectivity index is 2.11. The Hall–Kier alpha value is -0.690. The lowest BCUT2D eigenvalue weighted by Crippen LogP contribution is -2.06. The van der Waals surface area contributed by atoms with Crippen LogP contribution in [0.3, 0.4) is 0 Å². The summed E-state index contributed by atoms with van der Waals surface area (Å²) in [6.45, 7) is 7.94. The van der Waals surface area contributed by atoms with E-state index in [1.165, 1.54) is 0 Å². The van der Waals surface area contributed by atoms with Crippen LogP contribution in [0.15, 0.2) is 98.3 Å². The van der Waals surface area contributed by atoms with Gasteiger partial charge in [0.15, 0.2) is 0 Å². The summed E-state index contributed by atoms with van der Waals surface area (Å²) >= 11 is 21.4. The maximum absolute atomic E-state index is 14.4. The summed E-state index contributed by atoms with van der Waals surface area (Å²) < 4.78 is 44.6. The Morgan fingerprint density at radius 1 is 0.595 bits per heavy atom. The monoisotopic (exact) mass is 898 g/mol. The summed E-state index contributed by atoms with van der Waals surface area (Å²) in [5.74, 6) is 1.01. The van der Waals surface area contributed by atoms with Gasteiger partial charge in [0.25, 0.3) is 0 Å². The number of sulfone groups is 1. The second kappa shape index (κ2) is 11.8. The number of hydrogen-bond donors (Lipinski definition) is 0. The zero-order valence-corrected chi connectivity index (χ0v) is 29.1. The minimum absolute atomic E-state index is 0.125. The van der Waals surface area contributed by atoms with Gasteiger partial charge in [0.05, 0.1) is 18.7 Å². The minimum atomic E-state index is -4.05. The zero-order chi connectivity index (χ0) is 27.1. The topological polar surface area (TPSA) is 52.6 Å². The van der Waals surface area contributed by atoms with Crippen LogP contribution in [-0.2, 0) is 9.84 Å². The normalized spacial score (nSPS) is 11.6. The molecule has 0 heterocycles. The van der Waals surface area contributed by atoms with E-state index in [-0.39, 0.29) is 23.0 Å². The van der Waals surface area contributed by atoms with Gasteiger partial charge in [0, 0.05) is 39.4 Å². The van der Waals surface area contributed by atoms with Gasteiger partial charge in [-0.3, -0.25) is 0 Å². The molecule has 0 spiro atoms. The molecule has 11 heteroatoms. The maximum Gasteiger partial charge on any atom is 0.207 e. The summed E-state index contributed by atoms with van der Waals surface area (Å²) in [6.07, 6.45) is 3.26. The van der Waals surface area contributed by atoms with Crippen molar-refractivity contribution in [3.05, 3.63) is 88.5 Å². The van der Waals surface area contributed by atoms with Crippen molar-refractivity contribution in [2.75, 3.05) is 13.2 Å². The largest absolute Gasteiger partial charge is 0.488 e. The molecule has 192 valence electrons. The van der Waals surface area contributed by atoms with Gasteiger partial charge < -0.3 is 9.47 Å². The first-order chi connectivity index (χ1) is 17.5. The molecule has 4 aromatic rings. The molecule has 0 N–H and O–H groups in total. The molecule has 0 amide bonds. The van der Waals surface area contributed by atoms with Crippen molar-refractivity contribution in [3.8, 4) is 11.5 Å². The third-order valence-electron chi connectivity index (χ3n) is 5.38. The second-order valence-electron chi connectivity index (χ2n) is 7.63. The van der Waals surface area contributed by atoms with Crippen LogP contribution < -0.4 is 9.47 Å². The van der Waals surface area contributed by atoms with Gasteiger partial charge in [0.2, 0.25) is 9.84 Å². The molecular weight excluding hydrogens is 888 g/mol. The van der Waals surface area contributed by atoms with Crippen LogP contribution in [0.2, 0.25) is 0 Å². The highest BCUT2D eigenvalue weighted by Gasteiger charge is 2.29. The molecule has 0 saturated carbocycles. The van der Waals surface area contributed by atoms with E-state index in [1.54, 1.807) is 48.6 Å². The van der Waals surface area contributed by atoms with Gasteiger partial charge >= 0.3 is 0 Å². The van der Waals surface area contributed by atoms with E-state index >= 15 is 0 Å². The van der Waals surface area contributed by atoms with Crippen LogP contribution >= 0.6 is 95.6 Å². The predicted octanol–water partition coefficient (Wildman–Crippen LogP) is 10.5. The quantitative estimate of drug-likeness (QED) is 0.165. The van der Waals surface area contributed by atoms with Crippen molar-refractivity contribution in [2.45, 2.75) is 9.79 Å². The predicted molar refractivity (Wildman–Crippen MR) is 171 cm³/mol. The molecule has 0 saturated heterocycles. The number of benzene rings is 4.